The first kappa shape index (κ1) is 22.9. The normalized spacial score (nSPS) is 11.2. The number of ether oxygens (including phenoxy) is 2. The Bertz CT molecular complexity index is 1170. The number of nitrogens with one attached hydrogen (secondary N) is 2. The van der Waals surface area contributed by atoms with E-state index in [0.29, 0.717) is 23.7 Å². The highest BCUT2D eigenvalue weighted by Crippen LogP contribution is 2.20. The fraction of sp³-hybridized carbons (Fsp3) is 0.125. The van der Waals surface area contributed by atoms with Crippen LogP contribution in [-0.2, 0) is 14.8 Å². The summed E-state index contributed by atoms with van der Waals surface area (Å²) in [5.41, 5.74) is 1.76. The van der Waals surface area contributed by atoms with Gasteiger partial charge in [0.15, 0.2) is 0 Å². The first-order valence-corrected chi connectivity index (χ1v) is 11.4. The molecular formula is C24H24N2O5S. The minimum absolute atomic E-state index is 0.0799. The molecule has 3 rings (SSSR count). The van der Waals surface area contributed by atoms with Crippen molar-refractivity contribution in [2.24, 2.45) is 0 Å². The average Bonchev–Trinajstić information content (AvgIpc) is 2.79. The molecule has 0 radical (unpaired) electrons. The molecule has 0 aromatic heterocycles. The van der Waals surface area contributed by atoms with Crippen LogP contribution in [0.25, 0.3) is 6.08 Å². The van der Waals surface area contributed by atoms with Crippen LogP contribution in [0.2, 0.25) is 0 Å². The molecule has 0 unspecified atom stereocenters. The second kappa shape index (κ2) is 10.5. The number of hydrogen-bond donors (Lipinski definition) is 2. The van der Waals surface area contributed by atoms with Crippen molar-refractivity contribution in [3.63, 3.8) is 0 Å². The maximum Gasteiger partial charge on any atom is 0.261 e. The van der Waals surface area contributed by atoms with Crippen molar-refractivity contribution < 1.29 is 22.7 Å². The summed E-state index contributed by atoms with van der Waals surface area (Å²) in [7, 11) is -2.22. The molecule has 32 heavy (non-hydrogen) atoms. The number of benzene rings is 3. The summed E-state index contributed by atoms with van der Waals surface area (Å²) in [6.45, 7) is 2.51. The minimum Gasteiger partial charge on any atom is -0.497 e. The zero-order valence-electron chi connectivity index (χ0n) is 17.7. The largest absolute Gasteiger partial charge is 0.497 e. The zero-order chi connectivity index (χ0) is 23.0. The predicted octanol–water partition coefficient (Wildman–Crippen LogP) is 4.55. The molecule has 1 amide bonds. The number of amides is 1. The van der Waals surface area contributed by atoms with Crippen LogP contribution in [0.5, 0.6) is 11.5 Å². The lowest BCUT2D eigenvalue weighted by molar-refractivity contribution is -0.111. The van der Waals surface area contributed by atoms with Crippen molar-refractivity contribution in [2.45, 2.75) is 11.8 Å². The molecule has 2 N–H and O–H groups in total. The standard InChI is InChI=1S/C24H24N2O5S/c1-3-31-22-11-4-18(5-12-22)6-17-24(27)25-19-9-15-23(16-10-19)32(28,29)26-20-7-13-21(30-2)14-8-20/h4-17,26H,3H2,1-2H3,(H,25,27)/b17-6+. The van der Waals surface area contributed by atoms with Crippen molar-refractivity contribution >= 4 is 33.4 Å². The molecule has 3 aromatic rings. The number of anilines is 2. The van der Waals surface area contributed by atoms with Gasteiger partial charge in [-0.2, -0.15) is 0 Å². The van der Waals surface area contributed by atoms with Gasteiger partial charge < -0.3 is 14.8 Å². The molecule has 166 valence electrons. The zero-order valence-corrected chi connectivity index (χ0v) is 18.6. The van der Waals surface area contributed by atoms with Crippen molar-refractivity contribution in [3.05, 3.63) is 84.4 Å². The van der Waals surface area contributed by atoms with Gasteiger partial charge in [-0.15, -0.1) is 0 Å². The van der Waals surface area contributed by atoms with Crippen molar-refractivity contribution in [3.8, 4) is 11.5 Å². The Labute approximate surface area is 187 Å². The Hall–Kier alpha value is -3.78. The third-order valence-corrected chi connectivity index (χ3v) is 5.79. The van der Waals surface area contributed by atoms with E-state index >= 15 is 0 Å². The van der Waals surface area contributed by atoms with Gasteiger partial charge in [0.05, 0.1) is 18.6 Å². The second-order valence-electron chi connectivity index (χ2n) is 6.68. The van der Waals surface area contributed by atoms with Crippen LogP contribution in [0, 0.1) is 0 Å². The van der Waals surface area contributed by atoms with Crippen LogP contribution in [0.4, 0.5) is 11.4 Å². The summed E-state index contributed by atoms with van der Waals surface area (Å²) in [5, 5.41) is 2.71. The molecule has 0 aliphatic heterocycles. The maximum atomic E-state index is 12.6. The van der Waals surface area contributed by atoms with Gasteiger partial charge in [0.1, 0.15) is 11.5 Å². The smallest absolute Gasteiger partial charge is 0.261 e. The van der Waals surface area contributed by atoms with Gasteiger partial charge in [0, 0.05) is 17.5 Å². The number of rotatable bonds is 9. The van der Waals surface area contributed by atoms with E-state index in [0.717, 1.165) is 11.3 Å². The molecular weight excluding hydrogens is 428 g/mol. The summed E-state index contributed by atoms with van der Waals surface area (Å²) >= 11 is 0. The molecule has 0 atom stereocenters. The first-order valence-electron chi connectivity index (χ1n) is 9.88. The SMILES string of the molecule is CCOc1ccc(/C=C/C(=O)Nc2ccc(S(=O)(=O)Nc3ccc(OC)cc3)cc2)cc1. The summed E-state index contributed by atoms with van der Waals surface area (Å²) in [6, 6.07) is 19.8. The Morgan fingerprint density at radius 2 is 1.47 bits per heavy atom. The number of hydrogen-bond acceptors (Lipinski definition) is 5. The quantitative estimate of drug-likeness (QED) is 0.465. The van der Waals surface area contributed by atoms with E-state index < -0.39 is 10.0 Å². The van der Waals surface area contributed by atoms with E-state index in [1.165, 1.54) is 37.5 Å². The summed E-state index contributed by atoms with van der Waals surface area (Å²) in [6.07, 6.45) is 3.09. The van der Waals surface area contributed by atoms with Gasteiger partial charge in [-0.05, 0) is 79.2 Å². The van der Waals surface area contributed by atoms with Gasteiger partial charge in [0.2, 0.25) is 5.91 Å². The van der Waals surface area contributed by atoms with Crippen LogP contribution >= 0.6 is 0 Å². The molecule has 0 aliphatic rings. The van der Waals surface area contributed by atoms with Gasteiger partial charge in [0.25, 0.3) is 10.0 Å². The fourth-order valence-corrected chi connectivity index (χ4v) is 3.85. The van der Waals surface area contributed by atoms with Crippen molar-refractivity contribution in [1.29, 1.82) is 0 Å². The third-order valence-electron chi connectivity index (χ3n) is 4.39. The molecule has 7 nitrogen and oxygen atoms in total. The number of sulfonamides is 1. The highest BCUT2D eigenvalue weighted by molar-refractivity contribution is 7.92. The lowest BCUT2D eigenvalue weighted by Crippen LogP contribution is -2.13. The van der Waals surface area contributed by atoms with Crippen molar-refractivity contribution in [1.82, 2.24) is 0 Å². The summed E-state index contributed by atoms with van der Waals surface area (Å²) in [4.78, 5) is 12.2. The number of carbonyl (C=O) groups excluding carboxylic acids is 1. The van der Waals surface area contributed by atoms with Crippen LogP contribution in [0.15, 0.2) is 83.8 Å². The molecule has 0 aliphatic carbocycles. The minimum atomic E-state index is -3.76. The molecule has 0 saturated carbocycles. The van der Waals surface area contributed by atoms with E-state index in [1.807, 2.05) is 31.2 Å². The lowest BCUT2D eigenvalue weighted by atomic mass is 10.2. The highest BCUT2D eigenvalue weighted by Gasteiger charge is 2.14. The van der Waals surface area contributed by atoms with Crippen molar-refractivity contribution in [2.75, 3.05) is 23.8 Å². The van der Waals surface area contributed by atoms with Gasteiger partial charge in [-0.3, -0.25) is 9.52 Å². The number of carbonyl (C=O) groups is 1. The van der Waals surface area contributed by atoms with Crippen LogP contribution in [0.1, 0.15) is 12.5 Å². The van der Waals surface area contributed by atoms with E-state index in [2.05, 4.69) is 10.0 Å². The fourth-order valence-electron chi connectivity index (χ4n) is 2.79. The predicted molar refractivity (Wildman–Crippen MR) is 126 cm³/mol. The van der Waals surface area contributed by atoms with Crippen LogP contribution in [-0.4, -0.2) is 28.0 Å². The second-order valence-corrected chi connectivity index (χ2v) is 8.37. The third kappa shape index (κ3) is 6.36. The Morgan fingerprint density at radius 1 is 0.875 bits per heavy atom. The Balaban J connectivity index is 1.59. The maximum absolute atomic E-state index is 12.6. The van der Waals surface area contributed by atoms with Gasteiger partial charge >= 0.3 is 0 Å². The summed E-state index contributed by atoms with van der Waals surface area (Å²) in [5.74, 6) is 1.07. The van der Waals surface area contributed by atoms with E-state index in [-0.39, 0.29) is 10.8 Å². The Kier molecular flexibility index (Phi) is 7.51. The van der Waals surface area contributed by atoms with Crippen LogP contribution in [0.3, 0.4) is 0 Å². The molecule has 3 aromatic carbocycles. The molecule has 0 spiro atoms. The molecule has 0 bridgehead atoms. The van der Waals surface area contributed by atoms with E-state index in [9.17, 15) is 13.2 Å². The molecule has 0 heterocycles. The lowest BCUT2D eigenvalue weighted by Gasteiger charge is -2.09. The molecule has 8 heteroatoms. The molecule has 0 saturated heterocycles. The summed E-state index contributed by atoms with van der Waals surface area (Å²) < 4.78 is 38.1. The van der Waals surface area contributed by atoms with Crippen LogP contribution < -0.4 is 19.5 Å². The average molecular weight is 453 g/mol. The first-order chi connectivity index (χ1) is 15.4. The van der Waals surface area contributed by atoms with E-state index in [4.69, 9.17) is 9.47 Å². The van der Waals surface area contributed by atoms with Gasteiger partial charge in [-0.1, -0.05) is 12.1 Å². The number of methoxy groups -OCH3 is 1. The highest BCUT2D eigenvalue weighted by atomic mass is 32.2. The monoisotopic (exact) mass is 452 g/mol. The molecule has 0 fully saturated rings. The topological polar surface area (TPSA) is 93.7 Å². The van der Waals surface area contributed by atoms with E-state index in [1.54, 1.807) is 30.3 Å². The Morgan fingerprint density at radius 3 is 2.06 bits per heavy atom. The van der Waals surface area contributed by atoms with Gasteiger partial charge in [-0.25, -0.2) is 8.42 Å².